The van der Waals surface area contributed by atoms with Crippen LogP contribution in [0.4, 0.5) is 4.39 Å². The van der Waals surface area contributed by atoms with Crippen LogP contribution in [0.25, 0.3) is 0 Å². The molecule has 1 aromatic rings. The maximum absolute atomic E-state index is 12.9. The molecule has 0 spiro atoms. The van der Waals surface area contributed by atoms with Crippen molar-refractivity contribution in [1.82, 2.24) is 9.21 Å². The van der Waals surface area contributed by atoms with Crippen molar-refractivity contribution in [3.05, 3.63) is 35.6 Å². The lowest BCUT2D eigenvalue weighted by atomic mass is 9.91. The minimum absolute atomic E-state index is 0.0677. The summed E-state index contributed by atoms with van der Waals surface area (Å²) in [5, 5.41) is 0. The van der Waals surface area contributed by atoms with Gasteiger partial charge in [0, 0.05) is 32.6 Å². The summed E-state index contributed by atoms with van der Waals surface area (Å²) in [6, 6.07) is 5.48. The maximum atomic E-state index is 12.9. The quantitative estimate of drug-likeness (QED) is 0.831. The number of hydrogen-bond donors (Lipinski definition) is 0. The van der Waals surface area contributed by atoms with Gasteiger partial charge in [-0.25, -0.2) is 12.8 Å². The highest BCUT2D eigenvalue weighted by Crippen LogP contribution is 2.21. The van der Waals surface area contributed by atoms with Crippen LogP contribution in [-0.4, -0.2) is 49.7 Å². The highest BCUT2D eigenvalue weighted by molar-refractivity contribution is 7.88. The number of hydrogen-bond acceptors (Lipinski definition) is 3. The zero-order chi connectivity index (χ0) is 18.0. The van der Waals surface area contributed by atoms with Gasteiger partial charge in [-0.2, -0.15) is 4.31 Å². The number of carbonyl (C=O) groups is 1. The molecular formula is C17H25FN2O3S. The van der Waals surface area contributed by atoms with E-state index in [0.717, 1.165) is 0 Å². The van der Waals surface area contributed by atoms with Crippen LogP contribution in [0, 0.1) is 11.2 Å². The van der Waals surface area contributed by atoms with Crippen molar-refractivity contribution >= 4 is 15.9 Å². The molecule has 2 rings (SSSR count). The molecule has 1 fully saturated rings. The van der Waals surface area contributed by atoms with Gasteiger partial charge in [-0.15, -0.1) is 0 Å². The first-order valence-corrected chi connectivity index (χ1v) is 9.68. The van der Waals surface area contributed by atoms with Gasteiger partial charge in [0.1, 0.15) is 5.82 Å². The van der Waals surface area contributed by atoms with Crippen LogP contribution in [0.3, 0.4) is 0 Å². The molecule has 0 saturated carbocycles. The van der Waals surface area contributed by atoms with Crippen molar-refractivity contribution in [1.29, 1.82) is 0 Å². The third kappa shape index (κ3) is 5.27. The maximum Gasteiger partial charge on any atom is 0.223 e. The summed E-state index contributed by atoms with van der Waals surface area (Å²) >= 11 is 0. The lowest BCUT2D eigenvalue weighted by Crippen LogP contribution is -2.51. The number of nitrogens with zero attached hydrogens (tertiary/aromatic N) is 2. The van der Waals surface area contributed by atoms with E-state index in [1.165, 1.54) is 28.6 Å². The van der Waals surface area contributed by atoms with E-state index in [9.17, 15) is 17.6 Å². The van der Waals surface area contributed by atoms with Crippen LogP contribution < -0.4 is 0 Å². The Bertz CT molecular complexity index is 673. The fraction of sp³-hybridized carbons (Fsp3) is 0.588. The summed E-state index contributed by atoms with van der Waals surface area (Å²) in [5.74, 6) is -0.469. The number of benzene rings is 1. The molecule has 1 saturated heterocycles. The van der Waals surface area contributed by atoms with E-state index in [0.29, 0.717) is 38.2 Å². The van der Waals surface area contributed by atoms with Crippen LogP contribution >= 0.6 is 0 Å². The Morgan fingerprint density at radius 3 is 2.12 bits per heavy atom. The first-order valence-electron chi connectivity index (χ1n) is 8.07. The Labute approximate surface area is 143 Å². The number of sulfonamides is 1. The summed E-state index contributed by atoms with van der Waals surface area (Å²) in [6.45, 7) is 7.46. The summed E-state index contributed by atoms with van der Waals surface area (Å²) in [7, 11) is -3.46. The van der Waals surface area contributed by atoms with Crippen molar-refractivity contribution in [3.63, 3.8) is 0 Å². The number of amides is 1. The third-order valence-corrected chi connectivity index (χ3v) is 5.78. The predicted octanol–water partition coefficient (Wildman–Crippen LogP) is 2.24. The average Bonchev–Trinajstić information content (AvgIpc) is 2.48. The van der Waals surface area contributed by atoms with Crippen molar-refractivity contribution in [2.45, 2.75) is 32.9 Å². The standard InChI is InChI=1S/C17H25FN2O3S/c1-17(2,3)12-16(21)19-8-10-20(11-9-19)24(22,23)13-14-4-6-15(18)7-5-14/h4-7H,8-13H2,1-3H3. The van der Waals surface area contributed by atoms with Gasteiger partial charge >= 0.3 is 0 Å². The molecule has 0 bridgehead atoms. The number of rotatable bonds is 4. The first kappa shape index (κ1) is 18.9. The molecule has 0 unspecified atom stereocenters. The molecule has 0 aromatic heterocycles. The Balaban J connectivity index is 1.93. The van der Waals surface area contributed by atoms with Gasteiger partial charge in [0.25, 0.3) is 0 Å². The van der Waals surface area contributed by atoms with Crippen LogP contribution in [-0.2, 0) is 20.6 Å². The zero-order valence-corrected chi connectivity index (χ0v) is 15.3. The van der Waals surface area contributed by atoms with Gasteiger partial charge < -0.3 is 4.90 Å². The van der Waals surface area contributed by atoms with E-state index >= 15 is 0 Å². The van der Waals surface area contributed by atoms with Gasteiger partial charge in [0.05, 0.1) is 5.75 Å². The molecule has 1 heterocycles. The van der Waals surface area contributed by atoms with Crippen molar-refractivity contribution in [2.75, 3.05) is 26.2 Å². The fourth-order valence-corrected chi connectivity index (χ4v) is 4.18. The van der Waals surface area contributed by atoms with Gasteiger partial charge in [-0.05, 0) is 23.1 Å². The number of piperazine rings is 1. The molecule has 1 amide bonds. The summed E-state index contributed by atoms with van der Waals surface area (Å²) in [4.78, 5) is 13.9. The Hall–Kier alpha value is -1.47. The van der Waals surface area contributed by atoms with E-state index in [1.807, 2.05) is 20.8 Å². The molecular weight excluding hydrogens is 331 g/mol. The van der Waals surface area contributed by atoms with Gasteiger partial charge in [-0.3, -0.25) is 4.79 Å². The van der Waals surface area contributed by atoms with Crippen LogP contribution in [0.1, 0.15) is 32.8 Å². The van der Waals surface area contributed by atoms with Crippen LogP contribution in [0.2, 0.25) is 0 Å². The summed E-state index contributed by atoms with van der Waals surface area (Å²) in [6.07, 6.45) is 0.454. The second-order valence-electron chi connectivity index (χ2n) is 7.40. The molecule has 0 atom stereocenters. The molecule has 0 radical (unpaired) electrons. The van der Waals surface area contributed by atoms with Gasteiger partial charge in [0.15, 0.2) is 0 Å². The highest BCUT2D eigenvalue weighted by Gasteiger charge is 2.30. The molecule has 24 heavy (non-hydrogen) atoms. The third-order valence-electron chi connectivity index (χ3n) is 3.93. The summed E-state index contributed by atoms with van der Waals surface area (Å²) < 4.78 is 39.3. The van der Waals surface area contributed by atoms with Crippen molar-refractivity contribution < 1.29 is 17.6 Å². The van der Waals surface area contributed by atoms with Crippen LogP contribution in [0.5, 0.6) is 0 Å². The zero-order valence-electron chi connectivity index (χ0n) is 14.5. The molecule has 1 aromatic carbocycles. The Morgan fingerprint density at radius 2 is 1.62 bits per heavy atom. The van der Waals surface area contributed by atoms with Crippen molar-refractivity contribution in [3.8, 4) is 0 Å². The molecule has 0 aliphatic carbocycles. The average molecular weight is 356 g/mol. The smallest absolute Gasteiger partial charge is 0.223 e. The van der Waals surface area contributed by atoms with E-state index in [4.69, 9.17) is 0 Å². The van der Waals surface area contributed by atoms with Crippen molar-refractivity contribution in [2.24, 2.45) is 5.41 Å². The Morgan fingerprint density at radius 1 is 1.08 bits per heavy atom. The molecule has 1 aliphatic heterocycles. The number of carbonyl (C=O) groups excluding carboxylic acids is 1. The second kappa shape index (κ2) is 7.19. The van der Waals surface area contributed by atoms with E-state index in [2.05, 4.69) is 0 Å². The molecule has 134 valence electrons. The Kier molecular flexibility index (Phi) is 5.65. The SMILES string of the molecule is CC(C)(C)CC(=O)N1CCN(S(=O)(=O)Cc2ccc(F)cc2)CC1. The van der Waals surface area contributed by atoms with Crippen LogP contribution in [0.15, 0.2) is 24.3 Å². The number of halogens is 1. The van der Waals surface area contributed by atoms with Gasteiger partial charge in [0.2, 0.25) is 15.9 Å². The monoisotopic (exact) mass is 356 g/mol. The van der Waals surface area contributed by atoms with E-state index in [-0.39, 0.29) is 22.9 Å². The highest BCUT2D eigenvalue weighted by atomic mass is 32.2. The predicted molar refractivity (Wildman–Crippen MR) is 91.2 cm³/mol. The lowest BCUT2D eigenvalue weighted by Gasteiger charge is -2.35. The molecule has 0 N–H and O–H groups in total. The lowest BCUT2D eigenvalue weighted by molar-refractivity contribution is -0.134. The molecule has 1 aliphatic rings. The van der Waals surface area contributed by atoms with E-state index < -0.39 is 10.0 Å². The fourth-order valence-electron chi connectivity index (χ4n) is 2.66. The van der Waals surface area contributed by atoms with Gasteiger partial charge in [-0.1, -0.05) is 32.9 Å². The summed E-state index contributed by atoms with van der Waals surface area (Å²) in [5.41, 5.74) is 0.478. The minimum Gasteiger partial charge on any atom is -0.340 e. The minimum atomic E-state index is -3.46. The molecule has 7 heteroatoms. The second-order valence-corrected chi connectivity index (χ2v) is 9.37. The van der Waals surface area contributed by atoms with E-state index in [1.54, 1.807) is 4.90 Å². The topological polar surface area (TPSA) is 57.7 Å². The normalized spacial score (nSPS) is 17.1. The first-order chi connectivity index (χ1) is 11.1. The largest absolute Gasteiger partial charge is 0.340 e. The molecule has 5 nitrogen and oxygen atoms in total.